The zero-order valence-electron chi connectivity index (χ0n) is 8.16. The first-order chi connectivity index (χ1) is 7.46. The minimum Gasteiger partial charge on any atom is -0.383 e. The van der Waals surface area contributed by atoms with Crippen LogP contribution in [0, 0.1) is 0 Å². The van der Waals surface area contributed by atoms with Gasteiger partial charge >= 0.3 is 0 Å². The van der Waals surface area contributed by atoms with Crippen LogP contribution in [0.1, 0.15) is 6.04 Å². The molecule has 2 atom stereocenters. The lowest BCUT2D eigenvalue weighted by molar-refractivity contribution is 0.519. The predicted octanol–water partition coefficient (Wildman–Crippen LogP) is -0.731. The van der Waals surface area contributed by atoms with Crippen molar-refractivity contribution in [3.8, 4) is 0 Å². The Kier molecular flexibility index (Phi) is 1.91. The largest absolute Gasteiger partial charge is 0.383 e. The summed E-state index contributed by atoms with van der Waals surface area (Å²) in [6, 6.07) is 0.961. The Morgan fingerprint density at radius 2 is 2.25 bits per heavy atom. The molecule has 16 heavy (non-hydrogen) atoms. The molecule has 2 N–H and O–H groups in total. The summed E-state index contributed by atoms with van der Waals surface area (Å²) in [7, 11) is -3.01. The van der Waals surface area contributed by atoms with Gasteiger partial charge in [0, 0.05) is 11.3 Å². The maximum absolute atomic E-state index is 11.7. The molecule has 2 aliphatic heterocycles. The molecule has 3 rings (SSSR count). The van der Waals surface area contributed by atoms with Crippen LogP contribution in [0.5, 0.6) is 0 Å². The zero-order chi connectivity index (χ0) is 11.5. The monoisotopic (exact) mass is 259 g/mol. The van der Waals surface area contributed by atoms with Crippen molar-refractivity contribution in [1.82, 2.24) is 9.55 Å². The van der Waals surface area contributed by atoms with Crippen LogP contribution in [0.15, 0.2) is 16.0 Å². The number of thioether (sulfide) groups is 1. The summed E-state index contributed by atoms with van der Waals surface area (Å²) < 4.78 is 24.4. The van der Waals surface area contributed by atoms with Crippen LogP contribution in [0.2, 0.25) is 0 Å². The normalized spacial score (nSPS) is 30.0. The van der Waals surface area contributed by atoms with Gasteiger partial charge in [-0.1, -0.05) is 11.8 Å². The molecule has 0 saturated carbocycles. The maximum atomic E-state index is 11.7. The van der Waals surface area contributed by atoms with Gasteiger partial charge in [0.05, 0.1) is 17.5 Å². The number of nitrogens with two attached hydrogens (primary N) is 1. The van der Waals surface area contributed by atoms with Crippen LogP contribution in [-0.4, -0.2) is 34.7 Å². The number of fused-ring (bicyclic) bond motifs is 3. The minimum absolute atomic E-state index is 0.0309. The highest BCUT2D eigenvalue weighted by molar-refractivity contribution is 8.02. The number of nitrogen functional groups attached to an aromatic ring is 1. The second-order valence-corrected chi connectivity index (χ2v) is 7.33. The standard InChI is InChI=1S/C8H9N3O3S2/c9-6-1-7(12)11-4-2-16(13,14)3-5(4)15-8(11)10-6/h1,4-5H,2-3,9H2/t4-,5+/m0/s1. The number of anilines is 1. The average molecular weight is 259 g/mol. The predicted molar refractivity (Wildman–Crippen MR) is 60.2 cm³/mol. The molecule has 8 heteroatoms. The Hall–Kier alpha value is -1.02. The number of hydrogen-bond donors (Lipinski definition) is 1. The molecular formula is C8H9N3O3S2. The van der Waals surface area contributed by atoms with Gasteiger partial charge in [-0.05, 0) is 0 Å². The lowest BCUT2D eigenvalue weighted by atomic mass is 10.2. The van der Waals surface area contributed by atoms with Crippen LogP contribution in [0.25, 0.3) is 0 Å². The van der Waals surface area contributed by atoms with Gasteiger partial charge in [-0.15, -0.1) is 0 Å². The second-order valence-electron chi connectivity index (χ2n) is 3.97. The van der Waals surface area contributed by atoms with E-state index in [0.717, 1.165) is 0 Å². The van der Waals surface area contributed by atoms with E-state index >= 15 is 0 Å². The summed E-state index contributed by atoms with van der Waals surface area (Å²) >= 11 is 1.33. The smallest absolute Gasteiger partial charge is 0.256 e. The fourth-order valence-electron chi connectivity index (χ4n) is 2.16. The van der Waals surface area contributed by atoms with Gasteiger partial charge in [-0.2, -0.15) is 0 Å². The molecule has 1 aromatic heterocycles. The molecule has 0 aliphatic carbocycles. The van der Waals surface area contributed by atoms with Crippen LogP contribution < -0.4 is 11.3 Å². The third kappa shape index (κ3) is 1.36. The average Bonchev–Trinajstić information content (AvgIpc) is 2.54. The zero-order valence-corrected chi connectivity index (χ0v) is 9.79. The molecule has 0 unspecified atom stereocenters. The summed E-state index contributed by atoms with van der Waals surface area (Å²) in [5.74, 6) is 0.334. The highest BCUT2D eigenvalue weighted by Crippen LogP contribution is 2.43. The van der Waals surface area contributed by atoms with E-state index in [9.17, 15) is 13.2 Å². The van der Waals surface area contributed by atoms with Crippen LogP contribution in [0.3, 0.4) is 0 Å². The van der Waals surface area contributed by atoms with Crippen LogP contribution >= 0.6 is 11.8 Å². The Balaban J connectivity index is 2.17. The van der Waals surface area contributed by atoms with E-state index in [0.29, 0.717) is 5.16 Å². The molecule has 0 bridgehead atoms. The van der Waals surface area contributed by atoms with E-state index in [1.807, 2.05) is 0 Å². The third-order valence-electron chi connectivity index (χ3n) is 2.80. The minimum atomic E-state index is -3.01. The van der Waals surface area contributed by atoms with E-state index in [1.165, 1.54) is 22.4 Å². The number of sulfone groups is 1. The van der Waals surface area contributed by atoms with Crippen molar-refractivity contribution in [3.05, 3.63) is 16.4 Å². The van der Waals surface area contributed by atoms with Gasteiger partial charge in [0.1, 0.15) is 5.82 Å². The number of aromatic nitrogens is 2. The Morgan fingerprint density at radius 1 is 1.50 bits per heavy atom. The number of nitrogens with zero attached hydrogens (tertiary/aromatic N) is 2. The molecular weight excluding hydrogens is 250 g/mol. The van der Waals surface area contributed by atoms with Gasteiger partial charge in [0.2, 0.25) is 0 Å². The Morgan fingerprint density at radius 3 is 3.00 bits per heavy atom. The molecule has 86 valence electrons. The molecule has 3 heterocycles. The molecule has 1 aromatic rings. The summed E-state index contributed by atoms with van der Waals surface area (Å²) in [5, 5.41) is 0.446. The first-order valence-corrected chi connectivity index (χ1v) is 7.42. The highest BCUT2D eigenvalue weighted by Gasteiger charge is 2.45. The summed E-state index contributed by atoms with van der Waals surface area (Å²) in [6.07, 6.45) is 0. The van der Waals surface area contributed by atoms with E-state index < -0.39 is 9.84 Å². The van der Waals surface area contributed by atoms with Crippen molar-refractivity contribution in [1.29, 1.82) is 0 Å². The molecule has 1 fully saturated rings. The topological polar surface area (TPSA) is 95.1 Å². The number of rotatable bonds is 0. The summed E-state index contributed by atoms with van der Waals surface area (Å²) in [4.78, 5) is 15.8. The van der Waals surface area contributed by atoms with E-state index in [-0.39, 0.29) is 34.2 Å². The third-order valence-corrected chi connectivity index (χ3v) is 6.01. The first kappa shape index (κ1) is 10.2. The van der Waals surface area contributed by atoms with Crippen molar-refractivity contribution in [2.75, 3.05) is 17.2 Å². The van der Waals surface area contributed by atoms with Gasteiger partial charge in [-0.25, -0.2) is 13.4 Å². The lowest BCUT2D eigenvalue weighted by Gasteiger charge is -2.08. The fraction of sp³-hybridized carbons (Fsp3) is 0.500. The van der Waals surface area contributed by atoms with Crippen molar-refractivity contribution in [2.45, 2.75) is 16.4 Å². The Labute approximate surface area is 95.8 Å². The molecule has 0 aromatic carbocycles. The molecule has 2 aliphatic rings. The lowest BCUT2D eigenvalue weighted by Crippen LogP contribution is -2.26. The molecule has 0 radical (unpaired) electrons. The van der Waals surface area contributed by atoms with Gasteiger partial charge in [-0.3, -0.25) is 9.36 Å². The maximum Gasteiger partial charge on any atom is 0.256 e. The highest BCUT2D eigenvalue weighted by atomic mass is 32.2. The fourth-order valence-corrected chi connectivity index (χ4v) is 6.08. The van der Waals surface area contributed by atoms with Crippen molar-refractivity contribution in [3.63, 3.8) is 0 Å². The van der Waals surface area contributed by atoms with Crippen LogP contribution in [0.4, 0.5) is 5.82 Å². The van der Waals surface area contributed by atoms with Gasteiger partial charge in [0.25, 0.3) is 5.56 Å². The van der Waals surface area contributed by atoms with Gasteiger partial charge in [0.15, 0.2) is 15.0 Å². The molecule has 6 nitrogen and oxygen atoms in total. The van der Waals surface area contributed by atoms with Crippen molar-refractivity contribution in [2.24, 2.45) is 0 Å². The first-order valence-electron chi connectivity index (χ1n) is 4.72. The second kappa shape index (κ2) is 3.01. The van der Waals surface area contributed by atoms with E-state index in [4.69, 9.17) is 5.73 Å². The van der Waals surface area contributed by atoms with E-state index in [1.54, 1.807) is 0 Å². The summed E-state index contributed by atoms with van der Waals surface area (Å²) in [6.45, 7) is 0. The Bertz CT molecular complexity index is 622. The van der Waals surface area contributed by atoms with Crippen molar-refractivity contribution < 1.29 is 8.42 Å². The quantitative estimate of drug-likeness (QED) is 0.617. The number of hydrogen-bond acceptors (Lipinski definition) is 6. The van der Waals surface area contributed by atoms with Gasteiger partial charge < -0.3 is 5.73 Å². The van der Waals surface area contributed by atoms with Crippen molar-refractivity contribution >= 4 is 27.4 Å². The molecule has 0 spiro atoms. The SMILES string of the molecule is Nc1cc(=O)n2c(n1)S[C@@H]1CS(=O)(=O)C[C@@H]12. The van der Waals surface area contributed by atoms with Crippen LogP contribution in [-0.2, 0) is 9.84 Å². The molecule has 1 saturated heterocycles. The van der Waals surface area contributed by atoms with E-state index in [2.05, 4.69) is 4.98 Å². The molecule has 0 amide bonds. The summed E-state index contributed by atoms with van der Waals surface area (Å²) in [5.41, 5.74) is 5.22.